The number of unbranched alkanes of at least 4 members (excludes halogenated alkanes) is 1. The molecule has 4 nitrogen and oxygen atoms in total. The first-order valence-electron chi connectivity index (χ1n) is 5.66. The van der Waals surface area contributed by atoms with Crippen LogP contribution in [0.4, 0.5) is 5.69 Å². The molecule has 0 bridgehead atoms. The van der Waals surface area contributed by atoms with Crippen LogP contribution in [0.1, 0.15) is 12.8 Å². The molecule has 5 heteroatoms. The molecule has 0 saturated carbocycles. The van der Waals surface area contributed by atoms with Gasteiger partial charge in [0.15, 0.2) is 9.84 Å². The van der Waals surface area contributed by atoms with Gasteiger partial charge in [0.25, 0.3) is 0 Å². The molecule has 0 fully saturated rings. The molecule has 0 aromatic heterocycles. The number of nitrogens with zero attached hydrogens (tertiary/aromatic N) is 1. The van der Waals surface area contributed by atoms with E-state index in [1.807, 2.05) is 19.2 Å². The molecular weight excluding hydrogens is 236 g/mol. The van der Waals surface area contributed by atoms with E-state index in [-0.39, 0.29) is 0 Å². The van der Waals surface area contributed by atoms with Gasteiger partial charge in [0.1, 0.15) is 0 Å². The summed E-state index contributed by atoms with van der Waals surface area (Å²) in [5.74, 6) is 0. The molecule has 0 amide bonds. The molecule has 0 unspecified atom stereocenters. The molecule has 0 atom stereocenters. The highest BCUT2D eigenvalue weighted by molar-refractivity contribution is 7.90. The lowest BCUT2D eigenvalue weighted by Crippen LogP contribution is -2.19. The Morgan fingerprint density at radius 2 is 1.76 bits per heavy atom. The summed E-state index contributed by atoms with van der Waals surface area (Å²) in [5.41, 5.74) is 6.46. The van der Waals surface area contributed by atoms with Crippen LogP contribution >= 0.6 is 0 Å². The lowest BCUT2D eigenvalue weighted by molar-refractivity contribution is 0.602. The fraction of sp³-hybridized carbons (Fsp3) is 0.500. The van der Waals surface area contributed by atoms with E-state index in [1.165, 1.54) is 6.26 Å². The number of rotatable bonds is 6. The molecule has 0 spiro atoms. The van der Waals surface area contributed by atoms with Gasteiger partial charge in [-0.05, 0) is 43.7 Å². The Kier molecular flexibility index (Phi) is 4.96. The van der Waals surface area contributed by atoms with E-state index in [4.69, 9.17) is 5.73 Å². The second-order valence-electron chi connectivity index (χ2n) is 4.18. The van der Waals surface area contributed by atoms with Crippen LogP contribution in [-0.2, 0) is 9.84 Å². The van der Waals surface area contributed by atoms with Gasteiger partial charge in [0, 0.05) is 25.5 Å². The number of sulfone groups is 1. The summed E-state index contributed by atoms with van der Waals surface area (Å²) in [6, 6.07) is 6.95. The number of hydrogen-bond acceptors (Lipinski definition) is 4. The quantitative estimate of drug-likeness (QED) is 0.778. The smallest absolute Gasteiger partial charge is 0.175 e. The molecule has 0 heterocycles. The van der Waals surface area contributed by atoms with Crippen molar-refractivity contribution in [3.8, 4) is 0 Å². The maximum Gasteiger partial charge on any atom is 0.175 e. The van der Waals surface area contributed by atoms with Crippen LogP contribution in [0.25, 0.3) is 0 Å². The highest BCUT2D eigenvalue weighted by Gasteiger charge is 2.07. The van der Waals surface area contributed by atoms with Gasteiger partial charge in [-0.15, -0.1) is 0 Å². The Hall–Kier alpha value is -1.07. The summed E-state index contributed by atoms with van der Waals surface area (Å²) in [6.07, 6.45) is 3.26. The minimum Gasteiger partial charge on any atom is -0.375 e. The zero-order valence-corrected chi connectivity index (χ0v) is 11.2. The van der Waals surface area contributed by atoms with Crippen LogP contribution in [-0.4, -0.2) is 34.8 Å². The van der Waals surface area contributed by atoms with Gasteiger partial charge in [-0.3, -0.25) is 0 Å². The van der Waals surface area contributed by atoms with Crippen molar-refractivity contribution in [2.45, 2.75) is 17.7 Å². The summed E-state index contributed by atoms with van der Waals surface area (Å²) in [6.45, 7) is 1.64. The van der Waals surface area contributed by atoms with Crippen LogP contribution in [0.3, 0.4) is 0 Å². The molecule has 2 N–H and O–H groups in total. The van der Waals surface area contributed by atoms with Gasteiger partial charge in [0.05, 0.1) is 4.90 Å². The summed E-state index contributed by atoms with van der Waals surface area (Å²) in [4.78, 5) is 2.46. The zero-order valence-electron chi connectivity index (χ0n) is 10.4. The van der Waals surface area contributed by atoms with E-state index < -0.39 is 9.84 Å². The molecule has 96 valence electrons. The number of anilines is 1. The van der Waals surface area contributed by atoms with Crippen molar-refractivity contribution in [3.63, 3.8) is 0 Å². The second-order valence-corrected chi connectivity index (χ2v) is 6.20. The average Bonchev–Trinajstić information content (AvgIpc) is 2.28. The van der Waals surface area contributed by atoms with Gasteiger partial charge < -0.3 is 10.6 Å². The van der Waals surface area contributed by atoms with Gasteiger partial charge in [-0.25, -0.2) is 8.42 Å². The minimum atomic E-state index is -3.10. The van der Waals surface area contributed by atoms with Crippen molar-refractivity contribution >= 4 is 15.5 Å². The van der Waals surface area contributed by atoms with Crippen LogP contribution in [0, 0.1) is 0 Å². The second kappa shape index (κ2) is 6.02. The Morgan fingerprint density at radius 1 is 1.18 bits per heavy atom. The van der Waals surface area contributed by atoms with Crippen molar-refractivity contribution in [1.29, 1.82) is 0 Å². The first-order valence-corrected chi connectivity index (χ1v) is 7.55. The van der Waals surface area contributed by atoms with E-state index in [0.717, 1.165) is 25.1 Å². The van der Waals surface area contributed by atoms with E-state index in [1.54, 1.807) is 12.1 Å². The monoisotopic (exact) mass is 256 g/mol. The Balaban J connectivity index is 2.67. The third-order valence-electron chi connectivity index (χ3n) is 2.65. The lowest BCUT2D eigenvalue weighted by atomic mass is 10.2. The van der Waals surface area contributed by atoms with Crippen molar-refractivity contribution in [2.75, 3.05) is 31.3 Å². The minimum absolute atomic E-state index is 0.358. The Morgan fingerprint density at radius 3 is 2.24 bits per heavy atom. The number of hydrogen-bond donors (Lipinski definition) is 1. The first-order chi connectivity index (χ1) is 7.95. The molecule has 0 saturated heterocycles. The summed E-state index contributed by atoms with van der Waals surface area (Å²) in [5, 5.41) is 0. The molecule has 17 heavy (non-hydrogen) atoms. The van der Waals surface area contributed by atoms with Gasteiger partial charge in [-0.1, -0.05) is 0 Å². The van der Waals surface area contributed by atoms with E-state index in [2.05, 4.69) is 4.90 Å². The van der Waals surface area contributed by atoms with Crippen LogP contribution < -0.4 is 10.6 Å². The topological polar surface area (TPSA) is 63.4 Å². The van der Waals surface area contributed by atoms with E-state index >= 15 is 0 Å². The first kappa shape index (κ1) is 14.0. The van der Waals surface area contributed by atoms with Gasteiger partial charge in [0.2, 0.25) is 0 Å². The third-order valence-corrected chi connectivity index (χ3v) is 3.78. The fourth-order valence-corrected chi connectivity index (χ4v) is 2.20. The van der Waals surface area contributed by atoms with Crippen molar-refractivity contribution < 1.29 is 8.42 Å². The Labute approximate surface area is 103 Å². The summed E-state index contributed by atoms with van der Waals surface area (Å²) < 4.78 is 22.6. The van der Waals surface area contributed by atoms with Crippen LogP contribution in [0.5, 0.6) is 0 Å². The Bertz CT molecular complexity index is 440. The largest absolute Gasteiger partial charge is 0.375 e. The maximum atomic E-state index is 11.3. The molecule has 0 aliphatic rings. The van der Waals surface area contributed by atoms with Crippen molar-refractivity contribution in [2.24, 2.45) is 5.73 Å². The molecule has 1 aromatic carbocycles. The SMILES string of the molecule is CN(CCCCN)c1ccc(S(C)(=O)=O)cc1. The highest BCUT2D eigenvalue weighted by Crippen LogP contribution is 2.17. The van der Waals surface area contributed by atoms with Crippen molar-refractivity contribution in [3.05, 3.63) is 24.3 Å². The molecular formula is C12H20N2O2S. The molecule has 1 aromatic rings. The van der Waals surface area contributed by atoms with Crippen LogP contribution in [0.15, 0.2) is 29.2 Å². The van der Waals surface area contributed by atoms with Crippen LogP contribution in [0.2, 0.25) is 0 Å². The van der Waals surface area contributed by atoms with Gasteiger partial charge in [-0.2, -0.15) is 0 Å². The standard InChI is InChI=1S/C12H20N2O2S/c1-14(10-4-3-9-13)11-5-7-12(8-6-11)17(2,15)16/h5-8H,3-4,9-10,13H2,1-2H3. The summed E-state index contributed by atoms with van der Waals surface area (Å²) in [7, 11) is -1.11. The van der Waals surface area contributed by atoms with Crippen molar-refractivity contribution in [1.82, 2.24) is 0 Å². The number of benzene rings is 1. The predicted molar refractivity (Wildman–Crippen MR) is 71.1 cm³/mol. The average molecular weight is 256 g/mol. The third kappa shape index (κ3) is 4.36. The van der Waals surface area contributed by atoms with E-state index in [0.29, 0.717) is 11.4 Å². The normalized spacial score (nSPS) is 11.5. The molecule has 0 radical (unpaired) electrons. The molecule has 0 aliphatic carbocycles. The molecule has 0 aliphatic heterocycles. The van der Waals surface area contributed by atoms with Gasteiger partial charge >= 0.3 is 0 Å². The number of nitrogens with two attached hydrogens (primary N) is 1. The summed E-state index contributed by atoms with van der Waals surface area (Å²) >= 11 is 0. The molecule has 1 rings (SSSR count). The van der Waals surface area contributed by atoms with E-state index in [9.17, 15) is 8.42 Å². The predicted octanol–water partition coefficient (Wildman–Crippen LogP) is 1.27. The lowest BCUT2D eigenvalue weighted by Gasteiger charge is -2.19. The maximum absolute atomic E-state index is 11.3. The fourth-order valence-electron chi connectivity index (χ4n) is 1.57. The zero-order chi connectivity index (χ0) is 12.9. The highest BCUT2D eigenvalue weighted by atomic mass is 32.2.